The second-order valence-corrected chi connectivity index (χ2v) is 6.85. The number of carboxylic acid groups (broad SMARTS) is 1. The third-order valence-corrected chi connectivity index (χ3v) is 5.39. The molecule has 8 heteroatoms. The van der Waals surface area contributed by atoms with Crippen LogP contribution in [0.15, 0.2) is 17.2 Å². The molecule has 0 bridgehead atoms. The number of aromatic carboxylic acids is 1. The number of nitrogens with zero attached hydrogens (tertiary/aromatic N) is 3. The summed E-state index contributed by atoms with van der Waals surface area (Å²) in [4.78, 5) is 11.2. The molecule has 1 aromatic rings. The fourth-order valence-corrected chi connectivity index (χ4v) is 3.67. The number of carbonyl (C=O) groups is 1. The van der Waals surface area contributed by atoms with Gasteiger partial charge in [-0.2, -0.15) is 9.57 Å². The summed E-state index contributed by atoms with van der Waals surface area (Å²) >= 11 is 0. The van der Waals surface area contributed by atoms with Crippen LogP contribution in [0.2, 0.25) is 0 Å². The van der Waals surface area contributed by atoms with Crippen LogP contribution in [-0.2, 0) is 10.0 Å². The molecule has 2 rings (SSSR count). The fourth-order valence-electron chi connectivity index (χ4n) is 2.19. The van der Waals surface area contributed by atoms with Gasteiger partial charge < -0.3 is 9.67 Å². The first kappa shape index (κ1) is 15.5. The van der Waals surface area contributed by atoms with Crippen molar-refractivity contribution in [2.24, 2.45) is 0 Å². The number of hydrogen-bond donors (Lipinski definition) is 1. The number of hydrogen-bond acceptors (Lipinski definition) is 4. The van der Waals surface area contributed by atoms with E-state index in [0.29, 0.717) is 0 Å². The van der Waals surface area contributed by atoms with Crippen LogP contribution in [-0.4, -0.2) is 41.5 Å². The van der Waals surface area contributed by atoms with Gasteiger partial charge in [-0.1, -0.05) is 6.92 Å². The molecule has 114 valence electrons. The minimum Gasteiger partial charge on any atom is -0.477 e. The molecule has 0 unspecified atom stereocenters. The van der Waals surface area contributed by atoms with E-state index in [9.17, 15) is 18.3 Å². The Morgan fingerprint density at radius 1 is 1.57 bits per heavy atom. The van der Waals surface area contributed by atoms with Crippen LogP contribution < -0.4 is 0 Å². The lowest BCUT2D eigenvalue weighted by molar-refractivity contribution is 0.0685. The average Bonchev–Trinajstić information content (AvgIpc) is 3.17. The van der Waals surface area contributed by atoms with Crippen molar-refractivity contribution in [3.63, 3.8) is 0 Å². The van der Waals surface area contributed by atoms with Gasteiger partial charge in [0.05, 0.1) is 6.07 Å². The van der Waals surface area contributed by atoms with Crippen LogP contribution in [0.5, 0.6) is 0 Å². The smallest absolute Gasteiger partial charge is 0.352 e. The van der Waals surface area contributed by atoms with Crippen LogP contribution in [0.1, 0.15) is 42.7 Å². The zero-order chi connectivity index (χ0) is 15.6. The molecule has 1 fully saturated rings. The molecule has 1 N–H and O–H groups in total. The number of nitriles is 1. The van der Waals surface area contributed by atoms with E-state index in [1.165, 1.54) is 21.1 Å². The first-order valence-corrected chi connectivity index (χ1v) is 8.18. The van der Waals surface area contributed by atoms with Gasteiger partial charge in [0.15, 0.2) is 0 Å². The van der Waals surface area contributed by atoms with Gasteiger partial charge in [-0.3, -0.25) is 0 Å². The first-order valence-electron chi connectivity index (χ1n) is 6.74. The molecule has 1 saturated carbocycles. The van der Waals surface area contributed by atoms with Crippen LogP contribution in [0.3, 0.4) is 0 Å². The minimum atomic E-state index is -3.77. The lowest BCUT2D eigenvalue weighted by Gasteiger charge is -2.18. The standard InChI is InChI=1S/C13H17N3O4S/c1-2-15(7-3-6-14)21(19,20)11-8-12(13(17)18)16(9-11)10-4-5-10/h8-10H,2-5,7H2,1H3,(H,17,18). The van der Waals surface area contributed by atoms with Gasteiger partial charge in [-0.15, -0.1) is 0 Å². The van der Waals surface area contributed by atoms with Crippen molar-refractivity contribution in [2.45, 2.75) is 37.1 Å². The fraction of sp³-hybridized carbons (Fsp3) is 0.538. The van der Waals surface area contributed by atoms with Crippen molar-refractivity contribution in [2.75, 3.05) is 13.1 Å². The monoisotopic (exact) mass is 311 g/mol. The predicted octanol–water partition coefficient (Wildman–Crippen LogP) is 1.45. The van der Waals surface area contributed by atoms with Gasteiger partial charge >= 0.3 is 5.97 Å². The Labute approximate surface area is 123 Å². The number of sulfonamides is 1. The lowest BCUT2D eigenvalue weighted by atomic mass is 10.4. The highest BCUT2D eigenvalue weighted by Crippen LogP contribution is 2.37. The second kappa shape index (κ2) is 5.87. The van der Waals surface area contributed by atoms with E-state index in [1.54, 1.807) is 6.92 Å². The molecule has 0 amide bonds. The van der Waals surface area contributed by atoms with E-state index in [2.05, 4.69) is 0 Å². The molecule has 0 saturated heterocycles. The van der Waals surface area contributed by atoms with Gasteiger partial charge in [0, 0.05) is 31.7 Å². The quantitative estimate of drug-likeness (QED) is 0.820. The number of carboxylic acids is 1. The Kier molecular flexibility index (Phi) is 4.34. The van der Waals surface area contributed by atoms with Gasteiger partial charge in [0.2, 0.25) is 10.0 Å². The third-order valence-electron chi connectivity index (χ3n) is 3.45. The Morgan fingerprint density at radius 2 is 2.24 bits per heavy atom. The SMILES string of the molecule is CCN(CCC#N)S(=O)(=O)c1cc(C(=O)O)n(C2CC2)c1. The van der Waals surface area contributed by atoms with Crippen LogP contribution in [0, 0.1) is 11.3 Å². The summed E-state index contributed by atoms with van der Waals surface area (Å²) in [5.74, 6) is -1.14. The van der Waals surface area contributed by atoms with Crippen molar-refractivity contribution in [3.8, 4) is 6.07 Å². The summed E-state index contributed by atoms with van der Waals surface area (Å²) < 4.78 is 27.7. The number of rotatable bonds is 7. The average molecular weight is 311 g/mol. The van der Waals surface area contributed by atoms with Crippen molar-refractivity contribution in [1.29, 1.82) is 5.26 Å². The molecule has 0 spiro atoms. The Bertz CT molecular complexity index is 683. The molecule has 0 aliphatic heterocycles. The molecule has 0 aromatic carbocycles. The zero-order valence-electron chi connectivity index (χ0n) is 11.7. The first-order chi connectivity index (χ1) is 9.91. The highest BCUT2D eigenvalue weighted by atomic mass is 32.2. The molecular weight excluding hydrogens is 294 g/mol. The van der Waals surface area contributed by atoms with E-state index < -0.39 is 16.0 Å². The summed E-state index contributed by atoms with van der Waals surface area (Å²) in [5, 5.41) is 17.8. The van der Waals surface area contributed by atoms with E-state index in [4.69, 9.17) is 5.26 Å². The molecule has 1 aliphatic rings. The van der Waals surface area contributed by atoms with Gasteiger partial charge in [0.25, 0.3) is 0 Å². The van der Waals surface area contributed by atoms with E-state index in [0.717, 1.165) is 12.8 Å². The van der Waals surface area contributed by atoms with E-state index >= 15 is 0 Å². The maximum absolute atomic E-state index is 12.5. The molecule has 1 heterocycles. The predicted molar refractivity (Wildman–Crippen MR) is 74.3 cm³/mol. The zero-order valence-corrected chi connectivity index (χ0v) is 12.5. The van der Waals surface area contributed by atoms with Gasteiger partial charge in [-0.05, 0) is 18.9 Å². The van der Waals surface area contributed by atoms with Gasteiger partial charge in [-0.25, -0.2) is 13.2 Å². The van der Waals surface area contributed by atoms with E-state index in [1.807, 2.05) is 6.07 Å². The summed E-state index contributed by atoms with van der Waals surface area (Å²) in [5.41, 5.74) is -0.00703. The minimum absolute atomic E-state index is 0.00703. The third kappa shape index (κ3) is 3.09. The topological polar surface area (TPSA) is 103 Å². The summed E-state index contributed by atoms with van der Waals surface area (Å²) in [7, 11) is -3.77. The van der Waals surface area contributed by atoms with Crippen molar-refractivity contribution in [3.05, 3.63) is 18.0 Å². The molecule has 1 aliphatic carbocycles. The highest BCUT2D eigenvalue weighted by Gasteiger charge is 2.32. The van der Waals surface area contributed by atoms with Crippen molar-refractivity contribution >= 4 is 16.0 Å². The molecule has 0 atom stereocenters. The van der Waals surface area contributed by atoms with Crippen LogP contribution >= 0.6 is 0 Å². The Morgan fingerprint density at radius 3 is 2.71 bits per heavy atom. The summed E-state index contributed by atoms with van der Waals surface area (Å²) in [6.45, 7) is 2.03. The van der Waals surface area contributed by atoms with Crippen LogP contribution in [0.4, 0.5) is 0 Å². The molecule has 21 heavy (non-hydrogen) atoms. The highest BCUT2D eigenvalue weighted by molar-refractivity contribution is 7.89. The molecule has 7 nitrogen and oxygen atoms in total. The Balaban J connectivity index is 2.38. The van der Waals surface area contributed by atoms with E-state index in [-0.39, 0.29) is 36.1 Å². The molecule has 1 aromatic heterocycles. The summed E-state index contributed by atoms with van der Waals surface area (Å²) in [6.07, 6.45) is 3.22. The van der Waals surface area contributed by atoms with Crippen molar-refractivity contribution < 1.29 is 18.3 Å². The Hall–Kier alpha value is -1.85. The molecule has 0 radical (unpaired) electrons. The number of aromatic nitrogens is 1. The largest absolute Gasteiger partial charge is 0.477 e. The maximum atomic E-state index is 12.5. The van der Waals surface area contributed by atoms with Crippen LogP contribution in [0.25, 0.3) is 0 Å². The molecular formula is C13H17N3O4S. The summed E-state index contributed by atoms with van der Waals surface area (Å²) in [6, 6.07) is 3.19. The normalized spacial score (nSPS) is 15.1. The maximum Gasteiger partial charge on any atom is 0.352 e. The lowest BCUT2D eigenvalue weighted by Crippen LogP contribution is -2.31. The van der Waals surface area contributed by atoms with Crippen molar-refractivity contribution in [1.82, 2.24) is 8.87 Å². The van der Waals surface area contributed by atoms with Gasteiger partial charge in [0.1, 0.15) is 10.6 Å². The second-order valence-electron chi connectivity index (χ2n) is 4.91.